The van der Waals surface area contributed by atoms with Crippen LogP contribution in [0.4, 0.5) is 0 Å². The molecule has 1 heterocycles. The molecular formula is C15H20N2O2. The van der Waals surface area contributed by atoms with Crippen LogP contribution in [0.5, 0.6) is 0 Å². The summed E-state index contributed by atoms with van der Waals surface area (Å²) in [7, 11) is 1.41. The maximum absolute atomic E-state index is 11.5. The van der Waals surface area contributed by atoms with Crippen molar-refractivity contribution in [3.05, 3.63) is 35.0 Å². The number of carbonyl (C=O) groups is 1. The molecule has 0 aliphatic heterocycles. The van der Waals surface area contributed by atoms with Crippen LogP contribution in [0.1, 0.15) is 16.7 Å². The van der Waals surface area contributed by atoms with Gasteiger partial charge in [-0.25, -0.2) is 0 Å². The molecule has 0 saturated carbocycles. The van der Waals surface area contributed by atoms with Gasteiger partial charge in [-0.3, -0.25) is 4.79 Å². The van der Waals surface area contributed by atoms with Crippen molar-refractivity contribution in [1.29, 1.82) is 0 Å². The van der Waals surface area contributed by atoms with Crippen LogP contribution in [0.15, 0.2) is 18.3 Å². The van der Waals surface area contributed by atoms with Crippen molar-refractivity contribution in [2.24, 2.45) is 5.73 Å². The molecule has 0 amide bonds. The standard InChI is InChI=1S/C15H20N2O2/c1-10-6-13-12(4-5-16)8-17(9-15(18)19-3)14(13)7-11(10)2/h6-8H,4-5,9,16H2,1-3H3. The van der Waals surface area contributed by atoms with Crippen LogP contribution in [0.2, 0.25) is 0 Å². The minimum atomic E-state index is -0.241. The maximum Gasteiger partial charge on any atom is 0.325 e. The van der Waals surface area contributed by atoms with Gasteiger partial charge in [0, 0.05) is 17.1 Å². The summed E-state index contributed by atoms with van der Waals surface area (Å²) in [5, 5.41) is 1.18. The second-order valence-electron chi connectivity index (χ2n) is 4.85. The van der Waals surface area contributed by atoms with E-state index in [9.17, 15) is 4.79 Å². The van der Waals surface area contributed by atoms with Crippen molar-refractivity contribution >= 4 is 16.9 Å². The van der Waals surface area contributed by atoms with E-state index in [0.29, 0.717) is 6.54 Å². The van der Waals surface area contributed by atoms with E-state index in [4.69, 9.17) is 10.5 Å². The minimum absolute atomic E-state index is 0.236. The quantitative estimate of drug-likeness (QED) is 0.855. The first-order valence-corrected chi connectivity index (χ1v) is 6.42. The monoisotopic (exact) mass is 260 g/mol. The number of nitrogens with zero attached hydrogens (tertiary/aromatic N) is 1. The Morgan fingerprint density at radius 1 is 1.32 bits per heavy atom. The summed E-state index contributed by atoms with van der Waals surface area (Å²) in [6, 6.07) is 4.29. The van der Waals surface area contributed by atoms with Gasteiger partial charge < -0.3 is 15.0 Å². The lowest BCUT2D eigenvalue weighted by Gasteiger charge is -2.06. The highest BCUT2D eigenvalue weighted by Gasteiger charge is 2.12. The van der Waals surface area contributed by atoms with E-state index in [1.165, 1.54) is 29.2 Å². The predicted molar refractivity (Wildman–Crippen MR) is 76.2 cm³/mol. The molecule has 0 spiro atoms. The van der Waals surface area contributed by atoms with Crippen molar-refractivity contribution in [3.8, 4) is 0 Å². The molecule has 2 N–H and O–H groups in total. The summed E-state index contributed by atoms with van der Waals surface area (Å²) in [5.74, 6) is -0.241. The zero-order valence-corrected chi connectivity index (χ0v) is 11.7. The van der Waals surface area contributed by atoms with Gasteiger partial charge in [0.05, 0.1) is 7.11 Å². The number of aryl methyl sites for hydroxylation is 2. The smallest absolute Gasteiger partial charge is 0.325 e. The topological polar surface area (TPSA) is 57.2 Å². The zero-order chi connectivity index (χ0) is 14.0. The van der Waals surface area contributed by atoms with Crippen LogP contribution < -0.4 is 5.73 Å². The SMILES string of the molecule is COC(=O)Cn1cc(CCN)c2cc(C)c(C)cc21. The fraction of sp³-hybridized carbons (Fsp3) is 0.400. The van der Waals surface area contributed by atoms with Crippen LogP contribution in [-0.2, 0) is 22.5 Å². The molecule has 19 heavy (non-hydrogen) atoms. The number of benzene rings is 1. The first kappa shape index (κ1) is 13.6. The van der Waals surface area contributed by atoms with Crippen LogP contribution in [0.25, 0.3) is 10.9 Å². The average molecular weight is 260 g/mol. The zero-order valence-electron chi connectivity index (χ0n) is 11.7. The highest BCUT2D eigenvalue weighted by molar-refractivity contribution is 5.87. The van der Waals surface area contributed by atoms with E-state index in [1.54, 1.807) is 0 Å². The van der Waals surface area contributed by atoms with Crippen molar-refractivity contribution in [2.45, 2.75) is 26.8 Å². The molecule has 1 aromatic heterocycles. The number of nitrogens with two attached hydrogens (primary N) is 1. The third-order valence-corrected chi connectivity index (χ3v) is 3.52. The van der Waals surface area contributed by atoms with Crippen molar-refractivity contribution < 1.29 is 9.53 Å². The molecule has 4 heteroatoms. The summed E-state index contributed by atoms with van der Waals surface area (Å²) < 4.78 is 6.68. The molecule has 2 rings (SSSR count). The largest absolute Gasteiger partial charge is 0.468 e. The van der Waals surface area contributed by atoms with Crippen LogP contribution in [-0.4, -0.2) is 24.2 Å². The maximum atomic E-state index is 11.5. The number of hydrogen-bond acceptors (Lipinski definition) is 3. The van der Waals surface area contributed by atoms with E-state index in [0.717, 1.165) is 11.9 Å². The number of esters is 1. The molecule has 102 valence electrons. The molecule has 0 saturated heterocycles. The lowest BCUT2D eigenvalue weighted by Crippen LogP contribution is -2.10. The fourth-order valence-corrected chi connectivity index (χ4v) is 2.31. The normalized spacial score (nSPS) is 10.9. The number of aromatic nitrogens is 1. The molecule has 0 aliphatic rings. The Labute approximate surface area is 113 Å². The third-order valence-electron chi connectivity index (χ3n) is 3.52. The Kier molecular flexibility index (Phi) is 3.90. The van der Waals surface area contributed by atoms with Crippen LogP contribution >= 0.6 is 0 Å². The minimum Gasteiger partial charge on any atom is -0.468 e. The third kappa shape index (κ3) is 2.63. The first-order valence-electron chi connectivity index (χ1n) is 6.42. The Morgan fingerprint density at radius 3 is 2.63 bits per heavy atom. The van der Waals surface area contributed by atoms with Gasteiger partial charge in [-0.15, -0.1) is 0 Å². The molecule has 0 bridgehead atoms. The highest BCUT2D eigenvalue weighted by atomic mass is 16.5. The van der Waals surface area contributed by atoms with Gasteiger partial charge in [-0.1, -0.05) is 0 Å². The summed E-state index contributed by atoms with van der Waals surface area (Å²) >= 11 is 0. The molecular weight excluding hydrogens is 240 g/mol. The van der Waals surface area contributed by atoms with E-state index in [2.05, 4.69) is 26.0 Å². The molecule has 0 unspecified atom stereocenters. The van der Waals surface area contributed by atoms with Crippen molar-refractivity contribution in [2.75, 3.05) is 13.7 Å². The summed E-state index contributed by atoms with van der Waals surface area (Å²) in [6.45, 7) is 5.01. The Bertz CT molecular complexity index is 614. The molecule has 0 atom stereocenters. The summed E-state index contributed by atoms with van der Waals surface area (Å²) in [6.07, 6.45) is 2.82. The van der Waals surface area contributed by atoms with E-state index >= 15 is 0 Å². The number of rotatable bonds is 4. The van der Waals surface area contributed by atoms with Crippen molar-refractivity contribution in [3.63, 3.8) is 0 Å². The van der Waals surface area contributed by atoms with Crippen LogP contribution in [0.3, 0.4) is 0 Å². The van der Waals surface area contributed by atoms with E-state index in [1.807, 2.05) is 10.8 Å². The number of fused-ring (bicyclic) bond motifs is 1. The molecule has 1 aromatic carbocycles. The van der Waals surface area contributed by atoms with Gasteiger partial charge >= 0.3 is 5.97 Å². The van der Waals surface area contributed by atoms with Gasteiger partial charge in [0.15, 0.2) is 0 Å². The molecule has 0 aliphatic carbocycles. The van der Waals surface area contributed by atoms with Gasteiger partial charge in [-0.05, 0) is 55.6 Å². The molecule has 4 nitrogen and oxygen atoms in total. The van der Waals surface area contributed by atoms with E-state index in [-0.39, 0.29) is 12.5 Å². The van der Waals surface area contributed by atoms with Gasteiger partial charge in [0.1, 0.15) is 6.54 Å². The first-order chi connectivity index (χ1) is 9.06. The van der Waals surface area contributed by atoms with Crippen LogP contribution in [0, 0.1) is 13.8 Å². The summed E-state index contributed by atoms with van der Waals surface area (Å²) in [5.41, 5.74) is 10.4. The van der Waals surface area contributed by atoms with Gasteiger partial charge in [-0.2, -0.15) is 0 Å². The lowest BCUT2D eigenvalue weighted by atomic mass is 10.0. The molecule has 0 radical (unpaired) electrons. The van der Waals surface area contributed by atoms with Gasteiger partial charge in [0.25, 0.3) is 0 Å². The number of methoxy groups -OCH3 is 1. The number of carbonyl (C=O) groups excluding carboxylic acids is 1. The number of hydrogen-bond donors (Lipinski definition) is 1. The molecule has 0 fully saturated rings. The molecule has 2 aromatic rings. The average Bonchev–Trinajstić information content (AvgIpc) is 2.69. The predicted octanol–water partition coefficient (Wildman–Crippen LogP) is 1.93. The lowest BCUT2D eigenvalue weighted by molar-refractivity contribution is -0.141. The Morgan fingerprint density at radius 2 is 2.00 bits per heavy atom. The fourth-order valence-electron chi connectivity index (χ4n) is 2.31. The Balaban J connectivity index is 2.57. The van der Waals surface area contributed by atoms with E-state index < -0.39 is 0 Å². The Hall–Kier alpha value is -1.81. The second-order valence-corrected chi connectivity index (χ2v) is 4.85. The number of ether oxygens (including phenoxy) is 1. The van der Waals surface area contributed by atoms with Crippen molar-refractivity contribution in [1.82, 2.24) is 4.57 Å². The van der Waals surface area contributed by atoms with Gasteiger partial charge in [0.2, 0.25) is 0 Å². The highest BCUT2D eigenvalue weighted by Crippen LogP contribution is 2.25. The summed E-state index contributed by atoms with van der Waals surface area (Å²) in [4.78, 5) is 11.5. The second kappa shape index (κ2) is 5.45.